The molecule has 7 heteroatoms. The molecule has 0 spiro atoms. The molecule has 0 aliphatic rings. The molecule has 2 amide bonds. The molecule has 22 heavy (non-hydrogen) atoms. The molecule has 0 bridgehead atoms. The van der Waals surface area contributed by atoms with Crippen LogP contribution in [0.25, 0.3) is 0 Å². The van der Waals surface area contributed by atoms with Crippen molar-refractivity contribution in [1.29, 1.82) is 0 Å². The average Bonchev–Trinajstić information content (AvgIpc) is 2.44. The van der Waals surface area contributed by atoms with Gasteiger partial charge < -0.3 is 15.7 Å². The molecule has 0 aromatic heterocycles. The molecule has 1 aromatic carbocycles. The minimum Gasteiger partial charge on any atom is -0.387 e. The Hall–Kier alpha value is -1.47. The van der Waals surface area contributed by atoms with Crippen LogP contribution in [0.4, 0.5) is 9.18 Å². The zero-order valence-corrected chi connectivity index (χ0v) is 13.9. The van der Waals surface area contributed by atoms with Crippen molar-refractivity contribution < 1.29 is 18.5 Å². The summed E-state index contributed by atoms with van der Waals surface area (Å²) in [5.41, 5.74) is 0.524. The molecule has 3 N–H and O–H groups in total. The van der Waals surface area contributed by atoms with E-state index in [0.29, 0.717) is 17.9 Å². The van der Waals surface area contributed by atoms with E-state index < -0.39 is 22.9 Å². The summed E-state index contributed by atoms with van der Waals surface area (Å²) in [7, 11) is -1.03. The summed E-state index contributed by atoms with van der Waals surface area (Å²) in [5.74, 6) is -0.00856. The first-order valence-corrected chi connectivity index (χ1v) is 8.36. The van der Waals surface area contributed by atoms with E-state index in [1.165, 1.54) is 24.3 Å². The number of hydrogen-bond donors (Lipinski definition) is 3. The van der Waals surface area contributed by atoms with Crippen LogP contribution < -0.4 is 10.6 Å². The zero-order chi connectivity index (χ0) is 16.8. The minimum absolute atomic E-state index is 0.0137. The maximum absolute atomic E-state index is 12.8. The molecule has 0 radical (unpaired) electrons. The predicted molar refractivity (Wildman–Crippen MR) is 85.5 cm³/mol. The highest BCUT2D eigenvalue weighted by atomic mass is 32.2. The standard InChI is InChI=1S/C15H23FN2O3S/c1-15(2,3)22(21)9-8-17-14(20)18-10-13(19)11-4-6-12(16)7-5-11/h4-7,13,19H,8-10H2,1-3H3,(H2,17,18,20). The van der Waals surface area contributed by atoms with Crippen molar-refractivity contribution in [2.24, 2.45) is 0 Å². The Bertz CT molecular complexity index is 515. The Morgan fingerprint density at radius 1 is 1.27 bits per heavy atom. The zero-order valence-electron chi connectivity index (χ0n) is 13.1. The van der Waals surface area contributed by atoms with Gasteiger partial charge in [-0.3, -0.25) is 4.21 Å². The van der Waals surface area contributed by atoms with Gasteiger partial charge >= 0.3 is 6.03 Å². The second kappa shape index (κ2) is 8.24. The molecule has 124 valence electrons. The number of rotatable bonds is 6. The number of hydrogen-bond acceptors (Lipinski definition) is 3. The second-order valence-electron chi connectivity index (χ2n) is 5.87. The van der Waals surface area contributed by atoms with Crippen LogP contribution in [0.15, 0.2) is 24.3 Å². The Labute approximate surface area is 132 Å². The van der Waals surface area contributed by atoms with Gasteiger partial charge in [0.2, 0.25) is 0 Å². The summed E-state index contributed by atoms with van der Waals surface area (Å²) in [6.07, 6.45) is -0.907. The third kappa shape index (κ3) is 6.53. The van der Waals surface area contributed by atoms with Crippen LogP contribution in [0.1, 0.15) is 32.4 Å². The highest BCUT2D eigenvalue weighted by Gasteiger charge is 2.19. The Balaban J connectivity index is 2.28. The SMILES string of the molecule is CC(C)(C)S(=O)CCNC(=O)NCC(O)c1ccc(F)cc1. The fraction of sp³-hybridized carbons (Fsp3) is 0.533. The van der Waals surface area contributed by atoms with E-state index in [4.69, 9.17) is 0 Å². The van der Waals surface area contributed by atoms with E-state index in [-0.39, 0.29) is 17.1 Å². The molecule has 0 aliphatic carbocycles. The fourth-order valence-corrected chi connectivity index (χ4v) is 2.52. The molecule has 0 heterocycles. The summed E-state index contributed by atoms with van der Waals surface area (Å²) >= 11 is 0. The molecule has 5 nitrogen and oxygen atoms in total. The molecule has 0 aliphatic heterocycles. The smallest absolute Gasteiger partial charge is 0.314 e. The van der Waals surface area contributed by atoms with E-state index in [9.17, 15) is 18.5 Å². The number of amides is 2. The maximum atomic E-state index is 12.8. The molecule has 0 saturated heterocycles. The number of carbonyl (C=O) groups is 1. The maximum Gasteiger partial charge on any atom is 0.314 e. The number of carbonyl (C=O) groups excluding carboxylic acids is 1. The lowest BCUT2D eigenvalue weighted by Crippen LogP contribution is -2.40. The Morgan fingerprint density at radius 3 is 2.41 bits per heavy atom. The summed E-state index contributed by atoms with van der Waals surface area (Å²) in [4.78, 5) is 11.6. The second-order valence-corrected chi connectivity index (χ2v) is 8.19. The van der Waals surface area contributed by atoms with Crippen molar-refractivity contribution in [3.05, 3.63) is 35.6 Å². The number of halogens is 1. The predicted octanol–water partition coefficient (Wildman–Crippen LogP) is 1.71. The molecular weight excluding hydrogens is 307 g/mol. The lowest BCUT2D eigenvalue weighted by atomic mass is 10.1. The minimum atomic E-state index is -1.03. The number of aliphatic hydroxyl groups excluding tert-OH is 1. The first kappa shape index (κ1) is 18.6. The van der Waals surface area contributed by atoms with Crippen molar-refractivity contribution in [3.8, 4) is 0 Å². The summed E-state index contributed by atoms with van der Waals surface area (Å²) in [6.45, 7) is 5.94. The summed E-state index contributed by atoms with van der Waals surface area (Å²) in [5, 5.41) is 15.0. The number of urea groups is 1. The fourth-order valence-electron chi connectivity index (χ4n) is 1.62. The molecule has 2 atom stereocenters. The van der Waals surface area contributed by atoms with E-state index >= 15 is 0 Å². The van der Waals surface area contributed by atoms with Gasteiger partial charge in [0.05, 0.1) is 6.10 Å². The molecule has 1 rings (SSSR count). The topological polar surface area (TPSA) is 78.4 Å². The number of benzene rings is 1. The van der Waals surface area contributed by atoms with Gasteiger partial charge in [0.25, 0.3) is 0 Å². The van der Waals surface area contributed by atoms with Gasteiger partial charge in [-0.25, -0.2) is 9.18 Å². The van der Waals surface area contributed by atoms with E-state index in [0.717, 1.165) is 0 Å². The van der Waals surface area contributed by atoms with Crippen molar-refractivity contribution in [1.82, 2.24) is 10.6 Å². The molecule has 2 unspecified atom stereocenters. The van der Waals surface area contributed by atoms with E-state index in [2.05, 4.69) is 10.6 Å². The first-order chi connectivity index (χ1) is 10.2. The lowest BCUT2D eigenvalue weighted by molar-refractivity contribution is 0.173. The highest BCUT2D eigenvalue weighted by molar-refractivity contribution is 7.86. The van der Waals surface area contributed by atoms with Crippen LogP contribution in [-0.4, -0.2) is 38.9 Å². The molecule has 0 fully saturated rings. The van der Waals surface area contributed by atoms with Gasteiger partial charge in [0, 0.05) is 34.4 Å². The number of nitrogens with one attached hydrogen (secondary N) is 2. The van der Waals surface area contributed by atoms with Crippen molar-refractivity contribution in [3.63, 3.8) is 0 Å². The third-order valence-corrected chi connectivity index (χ3v) is 4.91. The van der Waals surface area contributed by atoms with Crippen LogP contribution in [0.3, 0.4) is 0 Å². The van der Waals surface area contributed by atoms with Crippen LogP contribution >= 0.6 is 0 Å². The van der Waals surface area contributed by atoms with Gasteiger partial charge in [0.1, 0.15) is 5.82 Å². The largest absolute Gasteiger partial charge is 0.387 e. The van der Waals surface area contributed by atoms with Gasteiger partial charge in [0.15, 0.2) is 0 Å². The molecule has 1 aromatic rings. The average molecular weight is 330 g/mol. The van der Waals surface area contributed by atoms with Gasteiger partial charge in [-0.05, 0) is 38.5 Å². The summed E-state index contributed by atoms with van der Waals surface area (Å²) in [6, 6.07) is 4.99. The molecule has 0 saturated carbocycles. The summed E-state index contributed by atoms with van der Waals surface area (Å²) < 4.78 is 24.3. The Kier molecular flexibility index (Phi) is 6.96. The molecular formula is C15H23FN2O3S. The van der Waals surface area contributed by atoms with Crippen LogP contribution in [0, 0.1) is 5.82 Å². The van der Waals surface area contributed by atoms with Crippen LogP contribution in [0.5, 0.6) is 0 Å². The number of aliphatic hydroxyl groups is 1. The normalized spacial score (nSPS) is 14.2. The van der Waals surface area contributed by atoms with E-state index in [1.807, 2.05) is 20.8 Å². The monoisotopic (exact) mass is 330 g/mol. The van der Waals surface area contributed by atoms with E-state index in [1.54, 1.807) is 0 Å². The quantitative estimate of drug-likeness (QED) is 0.743. The van der Waals surface area contributed by atoms with Crippen molar-refractivity contribution in [2.45, 2.75) is 31.6 Å². The van der Waals surface area contributed by atoms with Crippen LogP contribution in [0.2, 0.25) is 0 Å². The van der Waals surface area contributed by atoms with Crippen LogP contribution in [-0.2, 0) is 10.8 Å². The van der Waals surface area contributed by atoms with Gasteiger partial charge in [-0.15, -0.1) is 0 Å². The lowest BCUT2D eigenvalue weighted by Gasteiger charge is -2.18. The van der Waals surface area contributed by atoms with Gasteiger partial charge in [-0.2, -0.15) is 0 Å². The first-order valence-electron chi connectivity index (χ1n) is 7.04. The van der Waals surface area contributed by atoms with Crippen molar-refractivity contribution in [2.75, 3.05) is 18.8 Å². The highest BCUT2D eigenvalue weighted by Crippen LogP contribution is 2.12. The Morgan fingerprint density at radius 2 is 1.86 bits per heavy atom. The van der Waals surface area contributed by atoms with Gasteiger partial charge in [-0.1, -0.05) is 12.1 Å². The third-order valence-electron chi connectivity index (χ3n) is 2.97. The van der Waals surface area contributed by atoms with Crippen molar-refractivity contribution >= 4 is 16.8 Å².